The standard InChI is InChI=1S/C42H44N2S4/c1-3-5-7-11-17-31-27-35(29-43-33-19-13-9-14-20-33)45-41(31)39-25-23-37(47-39)38-24-26-40(48-38)42-32(18-12-8-6-4-2)28-36(46-42)30-44-34-21-15-10-16-22-34/h9-10,13-16,19-30H,3-8,11-12,17-18H2,1-2H3. The van der Waals surface area contributed by atoms with Gasteiger partial charge < -0.3 is 0 Å². The molecule has 2 nitrogen and oxygen atoms in total. The predicted octanol–water partition coefficient (Wildman–Crippen LogP) is 14.7. The van der Waals surface area contributed by atoms with Crippen molar-refractivity contribution in [1.29, 1.82) is 0 Å². The molecule has 6 rings (SSSR count). The first-order valence-electron chi connectivity index (χ1n) is 17.3. The minimum Gasteiger partial charge on any atom is -0.255 e. The smallest absolute Gasteiger partial charge is 0.0630 e. The van der Waals surface area contributed by atoms with E-state index in [1.165, 1.54) is 102 Å². The molecule has 0 fully saturated rings. The summed E-state index contributed by atoms with van der Waals surface area (Å²) in [5, 5.41) is 0. The van der Waals surface area contributed by atoms with Gasteiger partial charge in [0.15, 0.2) is 0 Å². The monoisotopic (exact) mass is 704 g/mol. The molecule has 0 aliphatic heterocycles. The van der Waals surface area contributed by atoms with Gasteiger partial charge in [0.05, 0.1) is 11.4 Å². The van der Waals surface area contributed by atoms with E-state index in [0.29, 0.717) is 0 Å². The summed E-state index contributed by atoms with van der Waals surface area (Å²) in [6.45, 7) is 4.56. The molecule has 6 heteroatoms. The van der Waals surface area contributed by atoms with Crippen LogP contribution in [0.15, 0.2) is 107 Å². The van der Waals surface area contributed by atoms with Crippen molar-refractivity contribution in [3.8, 4) is 29.3 Å². The van der Waals surface area contributed by atoms with Crippen molar-refractivity contribution >= 4 is 69.2 Å². The van der Waals surface area contributed by atoms with Crippen LogP contribution in [0.25, 0.3) is 29.3 Å². The van der Waals surface area contributed by atoms with Gasteiger partial charge in [-0.2, -0.15) is 0 Å². The Bertz CT molecular complexity index is 1760. The first-order valence-corrected chi connectivity index (χ1v) is 20.6. The molecule has 6 aromatic rings. The Morgan fingerprint density at radius 3 is 1.29 bits per heavy atom. The summed E-state index contributed by atoms with van der Waals surface area (Å²) in [6.07, 6.45) is 16.5. The normalized spacial score (nSPS) is 11.8. The third-order valence-electron chi connectivity index (χ3n) is 8.35. The second-order valence-electron chi connectivity index (χ2n) is 12.1. The zero-order chi connectivity index (χ0) is 33.0. The summed E-state index contributed by atoms with van der Waals surface area (Å²) >= 11 is 7.61. The molecule has 4 aromatic heterocycles. The van der Waals surface area contributed by atoms with Crippen molar-refractivity contribution < 1.29 is 0 Å². The lowest BCUT2D eigenvalue weighted by Crippen LogP contribution is -1.85. The summed E-state index contributed by atoms with van der Waals surface area (Å²) in [4.78, 5) is 20.2. The highest BCUT2D eigenvalue weighted by molar-refractivity contribution is 7.29. The zero-order valence-corrected chi connectivity index (χ0v) is 31.3. The van der Waals surface area contributed by atoms with Crippen LogP contribution in [0.4, 0.5) is 11.4 Å². The van der Waals surface area contributed by atoms with E-state index in [1.54, 1.807) is 0 Å². The fraction of sp³-hybridized carbons (Fsp3) is 0.286. The van der Waals surface area contributed by atoms with Gasteiger partial charge in [0.1, 0.15) is 0 Å². The van der Waals surface area contributed by atoms with Crippen molar-refractivity contribution in [3.63, 3.8) is 0 Å². The van der Waals surface area contributed by atoms with Gasteiger partial charge in [0.25, 0.3) is 0 Å². The van der Waals surface area contributed by atoms with Crippen LogP contribution in [0, 0.1) is 0 Å². The van der Waals surface area contributed by atoms with E-state index in [4.69, 9.17) is 9.98 Å². The zero-order valence-electron chi connectivity index (χ0n) is 28.0. The number of hydrogen-bond acceptors (Lipinski definition) is 6. The minimum atomic E-state index is 0.995. The van der Waals surface area contributed by atoms with Gasteiger partial charge in [-0.3, -0.25) is 9.98 Å². The Balaban J connectivity index is 1.24. The van der Waals surface area contributed by atoms with Gasteiger partial charge in [-0.1, -0.05) is 88.8 Å². The maximum atomic E-state index is 4.77. The molecule has 0 aliphatic carbocycles. The van der Waals surface area contributed by atoms with Crippen molar-refractivity contribution in [2.45, 2.75) is 78.1 Å². The van der Waals surface area contributed by atoms with Crippen LogP contribution in [0.3, 0.4) is 0 Å². The fourth-order valence-corrected chi connectivity index (χ4v) is 10.3. The van der Waals surface area contributed by atoms with Gasteiger partial charge in [0.2, 0.25) is 0 Å². The molecular weight excluding hydrogens is 661 g/mol. The third-order valence-corrected chi connectivity index (χ3v) is 13.3. The lowest BCUT2D eigenvalue weighted by atomic mass is 10.1. The molecule has 0 amide bonds. The number of nitrogens with zero attached hydrogens (tertiary/aromatic N) is 2. The van der Waals surface area contributed by atoms with Crippen molar-refractivity contribution in [2.75, 3.05) is 0 Å². The maximum absolute atomic E-state index is 4.77. The maximum Gasteiger partial charge on any atom is 0.0630 e. The van der Waals surface area contributed by atoms with Crippen LogP contribution >= 0.6 is 45.3 Å². The highest BCUT2D eigenvalue weighted by Gasteiger charge is 2.17. The van der Waals surface area contributed by atoms with E-state index in [1.807, 2.05) is 94.2 Å². The molecule has 0 spiro atoms. The van der Waals surface area contributed by atoms with Crippen LogP contribution in [-0.4, -0.2) is 12.4 Å². The molecule has 246 valence electrons. The quantitative estimate of drug-likeness (QED) is 0.0667. The van der Waals surface area contributed by atoms with Crippen molar-refractivity contribution in [3.05, 3.63) is 118 Å². The van der Waals surface area contributed by atoms with Crippen molar-refractivity contribution in [1.82, 2.24) is 0 Å². The van der Waals surface area contributed by atoms with E-state index in [9.17, 15) is 0 Å². The minimum absolute atomic E-state index is 0.995. The van der Waals surface area contributed by atoms with Crippen LogP contribution < -0.4 is 0 Å². The van der Waals surface area contributed by atoms with Crippen LogP contribution in [0.2, 0.25) is 0 Å². The Kier molecular flexibility index (Phi) is 12.8. The molecule has 0 saturated carbocycles. The molecule has 0 unspecified atom stereocenters. The molecule has 4 heterocycles. The van der Waals surface area contributed by atoms with Crippen LogP contribution in [0.1, 0.15) is 86.1 Å². The first kappa shape index (κ1) is 34.4. The molecule has 0 N–H and O–H groups in total. The van der Waals surface area contributed by atoms with E-state index in [0.717, 1.165) is 24.2 Å². The number of para-hydroxylation sites is 2. The second-order valence-corrected chi connectivity index (χ2v) is 16.5. The number of unbranched alkanes of at least 4 members (excludes halogenated alkanes) is 6. The van der Waals surface area contributed by atoms with E-state index < -0.39 is 0 Å². The summed E-state index contributed by atoms with van der Waals surface area (Å²) in [5.74, 6) is 0. The van der Waals surface area contributed by atoms with Gasteiger partial charge in [-0.25, -0.2) is 0 Å². The Labute approximate surface area is 302 Å². The largest absolute Gasteiger partial charge is 0.255 e. The molecular formula is C42H44N2S4. The van der Waals surface area contributed by atoms with Gasteiger partial charge >= 0.3 is 0 Å². The Morgan fingerprint density at radius 1 is 0.458 bits per heavy atom. The SMILES string of the molecule is CCCCCCc1cc(C=Nc2ccccc2)sc1-c1ccc(-c2ccc(-c3sc(C=Nc4ccccc4)cc3CCCCCC)s2)s1. The second kappa shape index (κ2) is 17.8. The molecule has 0 radical (unpaired) electrons. The molecule has 0 saturated heterocycles. The number of thiophene rings is 4. The van der Waals surface area contributed by atoms with Crippen LogP contribution in [-0.2, 0) is 12.8 Å². The number of aliphatic imine (C=N–C) groups is 2. The fourth-order valence-electron chi connectivity index (χ4n) is 5.79. The number of aryl methyl sites for hydroxylation is 2. The average molecular weight is 705 g/mol. The topological polar surface area (TPSA) is 24.7 Å². The summed E-state index contributed by atoms with van der Waals surface area (Å²) in [5.41, 5.74) is 4.91. The average Bonchev–Trinajstić information content (AvgIpc) is 3.94. The van der Waals surface area contributed by atoms with E-state index in [-0.39, 0.29) is 0 Å². The highest BCUT2D eigenvalue weighted by Crippen LogP contribution is 2.45. The van der Waals surface area contributed by atoms with Crippen LogP contribution in [0.5, 0.6) is 0 Å². The molecule has 48 heavy (non-hydrogen) atoms. The first-order chi connectivity index (χ1) is 23.7. The number of hydrogen-bond donors (Lipinski definition) is 0. The molecule has 0 aliphatic rings. The molecule has 2 aromatic carbocycles. The highest BCUT2D eigenvalue weighted by atomic mass is 32.1. The van der Waals surface area contributed by atoms with E-state index >= 15 is 0 Å². The van der Waals surface area contributed by atoms with Gasteiger partial charge in [-0.15, -0.1) is 45.3 Å². The van der Waals surface area contributed by atoms with E-state index in [2.05, 4.69) is 74.5 Å². The number of benzene rings is 2. The summed E-state index contributed by atoms with van der Waals surface area (Å²) in [6, 6.07) is 34.5. The number of rotatable bonds is 17. The summed E-state index contributed by atoms with van der Waals surface area (Å²) < 4.78 is 0. The lowest BCUT2D eigenvalue weighted by Gasteiger charge is -2.02. The predicted molar refractivity (Wildman–Crippen MR) is 217 cm³/mol. The molecule has 0 atom stereocenters. The summed E-state index contributed by atoms with van der Waals surface area (Å²) in [7, 11) is 0. The lowest BCUT2D eigenvalue weighted by molar-refractivity contribution is 0.668. The van der Waals surface area contributed by atoms with Gasteiger partial charge in [0, 0.05) is 51.4 Å². The molecule has 0 bridgehead atoms. The Morgan fingerprint density at radius 2 is 0.875 bits per heavy atom. The van der Waals surface area contributed by atoms with Gasteiger partial charge in [-0.05, 0) is 97.5 Å². The Hall–Kier alpha value is -3.42. The van der Waals surface area contributed by atoms with Crippen molar-refractivity contribution in [2.24, 2.45) is 9.98 Å². The third kappa shape index (κ3) is 9.38.